The van der Waals surface area contributed by atoms with E-state index in [2.05, 4.69) is 43.7 Å². The molecule has 1 aliphatic rings. The molecule has 3 nitrogen and oxygen atoms in total. The van der Waals surface area contributed by atoms with E-state index in [0.717, 1.165) is 29.5 Å². The van der Waals surface area contributed by atoms with E-state index in [9.17, 15) is 13.2 Å². The number of benzene rings is 2. The van der Waals surface area contributed by atoms with Crippen molar-refractivity contribution in [3.05, 3.63) is 52.6 Å². The van der Waals surface area contributed by atoms with Gasteiger partial charge in [-0.25, -0.2) is 0 Å². The van der Waals surface area contributed by atoms with E-state index in [1.165, 1.54) is 23.9 Å². The summed E-state index contributed by atoms with van der Waals surface area (Å²) in [4.78, 5) is 0. The largest absolute Gasteiger partial charge is 0.573 e. The first-order valence-corrected chi connectivity index (χ1v) is 10.1. The molecule has 0 aliphatic heterocycles. The minimum Gasteiger partial charge on any atom is -0.411 e. The van der Waals surface area contributed by atoms with Gasteiger partial charge in [0.2, 0.25) is 0 Å². The fourth-order valence-corrected chi connectivity index (χ4v) is 4.32. The molecule has 0 spiro atoms. The molecular formula is C24H28F3NO2. The predicted octanol–water partition coefficient (Wildman–Crippen LogP) is 6.97. The van der Waals surface area contributed by atoms with Gasteiger partial charge < -0.3 is 9.94 Å². The molecule has 6 heteroatoms. The third-order valence-corrected chi connectivity index (χ3v) is 6.18. The van der Waals surface area contributed by atoms with Crippen molar-refractivity contribution in [2.24, 2.45) is 5.16 Å². The fraction of sp³-hybridized carbons (Fsp3) is 0.458. The van der Waals surface area contributed by atoms with Crippen molar-refractivity contribution in [3.8, 4) is 16.9 Å². The molecule has 1 aliphatic carbocycles. The van der Waals surface area contributed by atoms with Crippen LogP contribution >= 0.6 is 0 Å². The first kappa shape index (κ1) is 22.2. The summed E-state index contributed by atoms with van der Waals surface area (Å²) in [5, 5.41) is 11.9. The highest BCUT2D eigenvalue weighted by molar-refractivity contribution is 5.85. The van der Waals surface area contributed by atoms with Crippen molar-refractivity contribution < 1.29 is 23.1 Å². The Labute approximate surface area is 175 Å². The van der Waals surface area contributed by atoms with Gasteiger partial charge in [0.25, 0.3) is 0 Å². The number of nitrogens with zero attached hydrogens (tertiary/aromatic N) is 1. The Bertz CT molecular complexity index is 975. The maximum absolute atomic E-state index is 13.1. The smallest absolute Gasteiger partial charge is 0.411 e. The zero-order valence-corrected chi connectivity index (χ0v) is 18.0. The van der Waals surface area contributed by atoms with E-state index in [4.69, 9.17) is 5.21 Å². The van der Waals surface area contributed by atoms with Gasteiger partial charge in [0.1, 0.15) is 5.75 Å². The molecular weight excluding hydrogens is 391 g/mol. The summed E-state index contributed by atoms with van der Waals surface area (Å²) in [6, 6.07) is 8.46. The van der Waals surface area contributed by atoms with Crippen molar-refractivity contribution >= 4 is 6.21 Å². The summed E-state index contributed by atoms with van der Waals surface area (Å²) >= 11 is 0. The molecule has 2 aromatic rings. The molecule has 0 saturated heterocycles. The average molecular weight is 419 g/mol. The molecule has 2 aromatic carbocycles. The van der Waals surface area contributed by atoms with Crippen LogP contribution < -0.4 is 4.74 Å². The molecule has 1 N–H and O–H groups in total. The molecule has 0 atom stereocenters. The van der Waals surface area contributed by atoms with Crippen LogP contribution in [0, 0.1) is 0 Å². The van der Waals surface area contributed by atoms with Crippen molar-refractivity contribution in [1.82, 2.24) is 0 Å². The lowest BCUT2D eigenvalue weighted by molar-refractivity contribution is -0.274. The number of aryl methyl sites for hydroxylation is 1. The van der Waals surface area contributed by atoms with Crippen molar-refractivity contribution in [2.75, 3.05) is 0 Å². The van der Waals surface area contributed by atoms with E-state index in [-0.39, 0.29) is 16.6 Å². The van der Waals surface area contributed by atoms with E-state index in [0.29, 0.717) is 17.5 Å². The molecule has 0 unspecified atom stereocenters. The van der Waals surface area contributed by atoms with Crippen LogP contribution in [0.5, 0.6) is 5.75 Å². The number of hydrogen-bond acceptors (Lipinski definition) is 3. The Morgan fingerprint density at radius 2 is 1.60 bits per heavy atom. The number of oxime groups is 1. The van der Waals surface area contributed by atoms with Crippen LogP contribution in [0.3, 0.4) is 0 Å². The third-order valence-electron chi connectivity index (χ3n) is 6.18. The molecule has 162 valence electrons. The van der Waals surface area contributed by atoms with Crippen LogP contribution in [-0.4, -0.2) is 17.8 Å². The standard InChI is InChI=1S/C24H28F3NO2/c1-6-16-12-19-20(23(4,5)10-9-22(19,2)3)13-17(16)18-11-15(14-28-29)7-8-21(18)30-24(25,26)27/h7-8,11-14,29H,6,9-10H2,1-5H3. The van der Waals surface area contributed by atoms with Crippen LogP contribution in [0.15, 0.2) is 35.5 Å². The lowest BCUT2D eigenvalue weighted by atomic mass is 9.62. The van der Waals surface area contributed by atoms with E-state index >= 15 is 0 Å². The Balaban J connectivity index is 2.31. The van der Waals surface area contributed by atoms with Gasteiger partial charge in [-0.2, -0.15) is 0 Å². The summed E-state index contributed by atoms with van der Waals surface area (Å²) in [7, 11) is 0. The molecule has 30 heavy (non-hydrogen) atoms. The Morgan fingerprint density at radius 1 is 1.00 bits per heavy atom. The highest BCUT2D eigenvalue weighted by Gasteiger charge is 2.38. The minimum absolute atomic E-state index is 0.00397. The molecule has 3 rings (SSSR count). The van der Waals surface area contributed by atoms with E-state index < -0.39 is 6.36 Å². The van der Waals surface area contributed by atoms with Gasteiger partial charge in [-0.05, 0) is 82.2 Å². The highest BCUT2D eigenvalue weighted by atomic mass is 19.4. The number of hydrogen-bond donors (Lipinski definition) is 1. The number of halogens is 3. The summed E-state index contributed by atoms with van der Waals surface area (Å²) in [5.41, 5.74) is 4.84. The molecule has 0 radical (unpaired) electrons. The lowest BCUT2D eigenvalue weighted by Gasteiger charge is -2.42. The lowest BCUT2D eigenvalue weighted by Crippen LogP contribution is -2.34. The highest BCUT2D eigenvalue weighted by Crippen LogP contribution is 2.48. The molecule has 0 heterocycles. The maximum Gasteiger partial charge on any atom is 0.573 e. The van der Waals surface area contributed by atoms with Crippen LogP contribution in [0.4, 0.5) is 13.2 Å². The minimum atomic E-state index is -4.80. The monoisotopic (exact) mass is 419 g/mol. The van der Waals surface area contributed by atoms with Crippen LogP contribution in [0.1, 0.15) is 69.7 Å². The molecule has 0 saturated carbocycles. The van der Waals surface area contributed by atoms with Gasteiger partial charge in [-0.15, -0.1) is 13.2 Å². The maximum atomic E-state index is 13.1. The number of fused-ring (bicyclic) bond motifs is 1. The van der Waals surface area contributed by atoms with Gasteiger partial charge in [-0.1, -0.05) is 45.8 Å². The van der Waals surface area contributed by atoms with E-state index in [1.54, 1.807) is 6.07 Å². The second-order valence-corrected chi connectivity index (χ2v) is 9.22. The summed E-state index contributed by atoms with van der Waals surface area (Å²) in [6.45, 7) is 10.8. The van der Waals surface area contributed by atoms with Crippen LogP contribution in [0.25, 0.3) is 11.1 Å². The van der Waals surface area contributed by atoms with Crippen LogP contribution in [-0.2, 0) is 17.3 Å². The summed E-state index contributed by atoms with van der Waals surface area (Å²) < 4.78 is 43.6. The number of alkyl halides is 3. The summed E-state index contributed by atoms with van der Waals surface area (Å²) in [5.74, 6) is -0.264. The zero-order valence-electron chi connectivity index (χ0n) is 18.0. The first-order chi connectivity index (χ1) is 13.9. The molecule has 0 amide bonds. The molecule has 0 aromatic heterocycles. The Hall–Kier alpha value is -2.50. The van der Waals surface area contributed by atoms with E-state index in [1.807, 2.05) is 13.0 Å². The van der Waals surface area contributed by atoms with Crippen LogP contribution in [0.2, 0.25) is 0 Å². The number of rotatable bonds is 4. The molecule has 0 bridgehead atoms. The van der Waals surface area contributed by atoms with Gasteiger partial charge in [0.05, 0.1) is 6.21 Å². The quantitative estimate of drug-likeness (QED) is 0.330. The van der Waals surface area contributed by atoms with Crippen molar-refractivity contribution in [1.29, 1.82) is 0 Å². The molecule has 0 fully saturated rings. The van der Waals surface area contributed by atoms with Gasteiger partial charge in [0, 0.05) is 5.56 Å². The van der Waals surface area contributed by atoms with Gasteiger partial charge in [0.15, 0.2) is 0 Å². The summed E-state index contributed by atoms with van der Waals surface area (Å²) in [6.07, 6.45) is -0.883. The predicted molar refractivity (Wildman–Crippen MR) is 113 cm³/mol. The second kappa shape index (κ2) is 7.64. The zero-order chi connectivity index (χ0) is 22.3. The second-order valence-electron chi connectivity index (χ2n) is 9.22. The third kappa shape index (κ3) is 4.32. The van der Waals surface area contributed by atoms with Gasteiger partial charge >= 0.3 is 6.36 Å². The first-order valence-electron chi connectivity index (χ1n) is 10.1. The fourth-order valence-electron chi connectivity index (χ4n) is 4.32. The number of ether oxygens (including phenoxy) is 1. The van der Waals surface area contributed by atoms with Crippen molar-refractivity contribution in [2.45, 2.75) is 71.1 Å². The van der Waals surface area contributed by atoms with Gasteiger partial charge in [-0.3, -0.25) is 0 Å². The Kier molecular flexibility index (Phi) is 5.65. The SMILES string of the molecule is CCc1cc2c(cc1-c1cc(C=NO)ccc1OC(F)(F)F)C(C)(C)CCC2(C)C. The normalized spacial score (nSPS) is 17.7. The van der Waals surface area contributed by atoms with Crippen molar-refractivity contribution in [3.63, 3.8) is 0 Å². The Morgan fingerprint density at radius 3 is 2.13 bits per heavy atom. The average Bonchev–Trinajstić information content (AvgIpc) is 2.65. The topological polar surface area (TPSA) is 41.8 Å².